The Labute approximate surface area is 223 Å². The number of carbonyl (C=O) groups excluding carboxylic acids is 1. The number of aromatic nitrogens is 3. The maximum absolute atomic E-state index is 13.2. The molecule has 1 N–H and O–H groups in total. The highest BCUT2D eigenvalue weighted by Crippen LogP contribution is 2.59. The molecule has 4 aromatic rings. The highest BCUT2D eigenvalue weighted by atomic mass is 32.2. The van der Waals surface area contributed by atoms with Crippen LogP contribution in [0.3, 0.4) is 0 Å². The molecule has 1 aliphatic rings. The van der Waals surface area contributed by atoms with Gasteiger partial charge in [-0.1, -0.05) is 62.4 Å². The first-order valence-corrected chi connectivity index (χ1v) is 14.2. The molecule has 0 saturated heterocycles. The molecule has 0 aliphatic heterocycles. The van der Waals surface area contributed by atoms with Crippen LogP contribution in [-0.2, 0) is 26.7 Å². The molecule has 2 unspecified atom stereocenters. The summed E-state index contributed by atoms with van der Waals surface area (Å²) < 4.78 is 27.1. The third-order valence-corrected chi connectivity index (χ3v) is 9.71. The number of pyridine rings is 1. The van der Waals surface area contributed by atoms with E-state index in [0.717, 1.165) is 9.78 Å². The van der Waals surface area contributed by atoms with Crippen molar-refractivity contribution < 1.29 is 13.2 Å². The molecule has 1 amide bonds. The Kier molecular flexibility index (Phi) is 6.83. The predicted octanol–water partition coefficient (Wildman–Crippen LogP) is 3.48. The monoisotopic (exact) mass is 531 g/mol. The minimum absolute atomic E-state index is 0.0176. The average molecular weight is 532 g/mol. The van der Waals surface area contributed by atoms with Gasteiger partial charge in [0.2, 0.25) is 5.91 Å². The van der Waals surface area contributed by atoms with Crippen LogP contribution in [0, 0.1) is 11.8 Å². The number of likely N-dealkylation sites (N-methyl/N-ethyl adjacent to an activating group) is 1. The molecule has 2 aromatic carbocycles. The van der Waals surface area contributed by atoms with Gasteiger partial charge in [0.05, 0.1) is 23.2 Å². The number of amides is 1. The van der Waals surface area contributed by atoms with E-state index in [9.17, 15) is 13.2 Å². The van der Waals surface area contributed by atoms with E-state index in [1.165, 1.54) is 5.56 Å². The van der Waals surface area contributed by atoms with E-state index in [0.29, 0.717) is 23.9 Å². The summed E-state index contributed by atoms with van der Waals surface area (Å²) in [5.74, 6) is 0.293. The maximum atomic E-state index is 13.2. The second-order valence-corrected chi connectivity index (χ2v) is 12.3. The third kappa shape index (κ3) is 4.61. The molecule has 2 heterocycles. The molecule has 0 radical (unpaired) electrons. The zero-order chi connectivity index (χ0) is 27.1. The van der Waals surface area contributed by atoms with Gasteiger partial charge in [0.15, 0.2) is 0 Å². The summed E-state index contributed by atoms with van der Waals surface area (Å²) in [6.07, 6.45) is 3.70. The van der Waals surface area contributed by atoms with E-state index in [-0.39, 0.29) is 34.1 Å². The molecule has 2 aromatic heterocycles. The predicted molar refractivity (Wildman–Crippen MR) is 147 cm³/mol. The number of rotatable bonds is 9. The lowest BCUT2D eigenvalue weighted by Crippen LogP contribution is -2.42. The minimum Gasteiger partial charge on any atom is -0.354 e. The number of nitrogens with zero attached hydrogens (tertiary/aromatic N) is 4. The van der Waals surface area contributed by atoms with Crippen LogP contribution >= 0.6 is 0 Å². The van der Waals surface area contributed by atoms with Gasteiger partial charge in [-0.05, 0) is 43.8 Å². The number of hydrogen-bond acceptors (Lipinski definition) is 6. The standard InChI is InChI=1S/C29H33N5O3S/c1-20-27(29(20,2)22-11-7-5-8-12-22)28(35)31-18-24(33(3)4)16-23-15-21-17-32-34(26(21)19-30-23)38(36,37)25-13-9-6-10-14-25/h5-15,17,19-20,24,27H,16,18H2,1-4H3,(H,31,35)/t20?,24-,27?,29-/m0/s1. The molecule has 1 saturated carbocycles. The Bertz CT molecular complexity index is 1550. The number of hydrogen-bond donors (Lipinski definition) is 1. The summed E-state index contributed by atoms with van der Waals surface area (Å²) in [5, 5.41) is 8.02. The van der Waals surface area contributed by atoms with Crippen molar-refractivity contribution in [1.82, 2.24) is 24.4 Å². The molecular weight excluding hydrogens is 498 g/mol. The van der Waals surface area contributed by atoms with E-state index >= 15 is 0 Å². The van der Waals surface area contributed by atoms with Crippen molar-refractivity contribution in [3.8, 4) is 0 Å². The van der Waals surface area contributed by atoms with Gasteiger partial charge in [0.1, 0.15) is 5.52 Å². The lowest BCUT2D eigenvalue weighted by atomic mass is 9.94. The number of nitrogens with one attached hydrogen (secondary N) is 1. The van der Waals surface area contributed by atoms with Crippen molar-refractivity contribution in [3.63, 3.8) is 0 Å². The second-order valence-electron chi connectivity index (χ2n) is 10.5. The molecular formula is C29H33N5O3S. The number of benzene rings is 2. The molecule has 0 spiro atoms. The summed E-state index contributed by atoms with van der Waals surface area (Å²) in [6.45, 7) is 4.79. The van der Waals surface area contributed by atoms with Crippen LogP contribution in [0.25, 0.3) is 10.9 Å². The lowest BCUT2D eigenvalue weighted by molar-refractivity contribution is -0.123. The van der Waals surface area contributed by atoms with Gasteiger partial charge >= 0.3 is 0 Å². The van der Waals surface area contributed by atoms with E-state index in [1.807, 2.05) is 38.4 Å². The van der Waals surface area contributed by atoms with Gasteiger partial charge in [-0.25, -0.2) is 0 Å². The summed E-state index contributed by atoms with van der Waals surface area (Å²) in [7, 11) is 0.143. The van der Waals surface area contributed by atoms with Gasteiger partial charge in [0, 0.05) is 35.5 Å². The second kappa shape index (κ2) is 9.96. The topological polar surface area (TPSA) is 97.2 Å². The third-order valence-electron chi connectivity index (χ3n) is 8.10. The fourth-order valence-electron chi connectivity index (χ4n) is 5.42. The van der Waals surface area contributed by atoms with Crippen LogP contribution in [0.15, 0.2) is 84.0 Å². The van der Waals surface area contributed by atoms with Gasteiger partial charge in [-0.3, -0.25) is 9.78 Å². The molecule has 8 nitrogen and oxygen atoms in total. The van der Waals surface area contributed by atoms with Crippen LogP contribution in [0.2, 0.25) is 0 Å². The van der Waals surface area contributed by atoms with Crippen molar-refractivity contribution in [1.29, 1.82) is 0 Å². The Morgan fingerprint density at radius 1 is 1.08 bits per heavy atom. The largest absolute Gasteiger partial charge is 0.354 e. The van der Waals surface area contributed by atoms with Crippen molar-refractivity contribution in [2.45, 2.75) is 36.6 Å². The van der Waals surface area contributed by atoms with Crippen LogP contribution in [0.5, 0.6) is 0 Å². The highest BCUT2D eigenvalue weighted by molar-refractivity contribution is 7.90. The van der Waals surface area contributed by atoms with Gasteiger partial charge in [0.25, 0.3) is 10.0 Å². The van der Waals surface area contributed by atoms with Crippen molar-refractivity contribution >= 4 is 26.8 Å². The van der Waals surface area contributed by atoms with Gasteiger partial charge in [-0.2, -0.15) is 17.6 Å². The zero-order valence-corrected chi connectivity index (χ0v) is 22.9. The first-order chi connectivity index (χ1) is 18.1. The maximum Gasteiger partial charge on any atom is 0.283 e. The van der Waals surface area contributed by atoms with Crippen molar-refractivity contribution in [2.75, 3.05) is 20.6 Å². The van der Waals surface area contributed by atoms with Crippen molar-refractivity contribution in [3.05, 3.63) is 90.4 Å². The van der Waals surface area contributed by atoms with Gasteiger partial charge in [-0.15, -0.1) is 0 Å². The Hall–Kier alpha value is -3.56. The average Bonchev–Trinajstić information content (AvgIpc) is 3.25. The smallest absolute Gasteiger partial charge is 0.283 e. The number of carbonyl (C=O) groups is 1. The first kappa shape index (κ1) is 26.1. The molecule has 198 valence electrons. The lowest BCUT2D eigenvalue weighted by Gasteiger charge is -2.24. The van der Waals surface area contributed by atoms with E-state index in [2.05, 4.69) is 46.3 Å². The molecule has 38 heavy (non-hydrogen) atoms. The summed E-state index contributed by atoms with van der Waals surface area (Å²) in [5.41, 5.74) is 2.28. The summed E-state index contributed by atoms with van der Waals surface area (Å²) in [6, 6.07) is 20.3. The Morgan fingerprint density at radius 2 is 1.74 bits per heavy atom. The normalized spacial score (nSPS) is 21.9. The minimum atomic E-state index is -3.82. The molecule has 9 heteroatoms. The van der Waals surface area contributed by atoms with Crippen LogP contribution in [0.4, 0.5) is 0 Å². The van der Waals surface area contributed by atoms with Crippen LogP contribution in [-0.4, -0.2) is 60.1 Å². The molecule has 5 rings (SSSR count). The SMILES string of the molecule is CC1C(C(=O)NC[C@H](Cc2cc3cnn(S(=O)(=O)c4ccccc4)c3cn2)N(C)C)[C@]1(C)c1ccccc1. The fraction of sp³-hybridized carbons (Fsp3) is 0.345. The summed E-state index contributed by atoms with van der Waals surface area (Å²) >= 11 is 0. The molecule has 1 aliphatic carbocycles. The van der Waals surface area contributed by atoms with E-state index < -0.39 is 10.0 Å². The Morgan fingerprint density at radius 3 is 2.39 bits per heavy atom. The van der Waals surface area contributed by atoms with E-state index in [1.54, 1.807) is 42.7 Å². The van der Waals surface area contributed by atoms with Gasteiger partial charge < -0.3 is 10.2 Å². The molecule has 1 fully saturated rings. The molecule has 4 atom stereocenters. The van der Waals surface area contributed by atoms with E-state index in [4.69, 9.17) is 0 Å². The quantitative estimate of drug-likeness (QED) is 0.355. The molecule has 0 bridgehead atoms. The Balaban J connectivity index is 1.28. The fourth-order valence-corrected chi connectivity index (χ4v) is 6.70. The van der Waals surface area contributed by atoms with Crippen molar-refractivity contribution in [2.24, 2.45) is 11.8 Å². The summed E-state index contributed by atoms with van der Waals surface area (Å²) in [4.78, 5) is 20.0. The highest BCUT2D eigenvalue weighted by Gasteiger charge is 2.62. The van der Waals surface area contributed by atoms with Crippen LogP contribution < -0.4 is 5.32 Å². The van der Waals surface area contributed by atoms with Crippen LogP contribution in [0.1, 0.15) is 25.1 Å². The first-order valence-electron chi connectivity index (χ1n) is 12.8. The zero-order valence-electron chi connectivity index (χ0n) is 22.1. The number of fused-ring (bicyclic) bond motifs is 1.